The van der Waals surface area contributed by atoms with E-state index in [1.165, 1.54) is 11.9 Å². The Morgan fingerprint density at radius 1 is 1.09 bits per heavy atom. The van der Waals surface area contributed by atoms with E-state index in [-0.39, 0.29) is 35.2 Å². The zero-order chi connectivity index (χ0) is 23.5. The molecule has 9 nitrogen and oxygen atoms in total. The SMILES string of the molecule is Nc1ncnc2c1C(=O)N(c1ccc(C3CCC(CNC(=O)C4CCCO4)CC3)cc1)CCO2. The van der Waals surface area contributed by atoms with Gasteiger partial charge in [-0.2, -0.15) is 0 Å². The van der Waals surface area contributed by atoms with Crippen molar-refractivity contribution in [3.63, 3.8) is 0 Å². The van der Waals surface area contributed by atoms with Crippen LogP contribution in [0.2, 0.25) is 0 Å². The summed E-state index contributed by atoms with van der Waals surface area (Å²) in [5.74, 6) is 1.17. The number of carbonyl (C=O) groups excluding carboxylic acids is 2. The van der Waals surface area contributed by atoms with Gasteiger partial charge in [0.05, 0.1) is 6.54 Å². The maximum atomic E-state index is 13.1. The average Bonchev–Trinajstić information content (AvgIpc) is 3.35. The Morgan fingerprint density at radius 2 is 1.88 bits per heavy atom. The number of ether oxygens (including phenoxy) is 2. The fourth-order valence-corrected chi connectivity index (χ4v) is 5.18. The first-order valence-electron chi connectivity index (χ1n) is 12.1. The smallest absolute Gasteiger partial charge is 0.267 e. The van der Waals surface area contributed by atoms with Gasteiger partial charge in [0, 0.05) is 18.8 Å². The lowest BCUT2D eigenvalue weighted by atomic mass is 9.78. The Labute approximate surface area is 199 Å². The second-order valence-corrected chi connectivity index (χ2v) is 9.30. The van der Waals surface area contributed by atoms with Gasteiger partial charge in [0.1, 0.15) is 30.4 Å². The number of benzene rings is 1. The van der Waals surface area contributed by atoms with E-state index in [4.69, 9.17) is 15.2 Å². The summed E-state index contributed by atoms with van der Waals surface area (Å²) in [5, 5.41) is 3.08. The van der Waals surface area contributed by atoms with E-state index in [0.717, 1.165) is 50.8 Å². The number of hydrogen-bond acceptors (Lipinski definition) is 7. The van der Waals surface area contributed by atoms with Gasteiger partial charge in [-0.25, -0.2) is 9.97 Å². The van der Waals surface area contributed by atoms with Crippen molar-refractivity contribution >= 4 is 23.3 Å². The molecule has 3 heterocycles. The molecule has 9 heteroatoms. The molecule has 3 N–H and O–H groups in total. The summed E-state index contributed by atoms with van der Waals surface area (Å²) in [6.45, 7) is 2.18. The molecule has 5 rings (SSSR count). The Balaban J connectivity index is 1.17. The van der Waals surface area contributed by atoms with Gasteiger partial charge in [-0.3, -0.25) is 9.59 Å². The van der Waals surface area contributed by atoms with Crippen LogP contribution in [0.3, 0.4) is 0 Å². The van der Waals surface area contributed by atoms with Crippen LogP contribution in [0, 0.1) is 5.92 Å². The molecule has 3 aliphatic rings. The predicted molar refractivity (Wildman–Crippen MR) is 127 cm³/mol. The molecule has 2 aliphatic heterocycles. The molecule has 1 unspecified atom stereocenters. The fourth-order valence-electron chi connectivity index (χ4n) is 5.18. The minimum Gasteiger partial charge on any atom is -0.475 e. The lowest BCUT2D eigenvalue weighted by Crippen LogP contribution is -2.37. The van der Waals surface area contributed by atoms with Crippen LogP contribution in [0.25, 0.3) is 0 Å². The van der Waals surface area contributed by atoms with Crippen molar-refractivity contribution in [1.29, 1.82) is 0 Å². The maximum Gasteiger partial charge on any atom is 0.267 e. The van der Waals surface area contributed by atoms with Crippen LogP contribution in [0.1, 0.15) is 60.4 Å². The molecule has 1 saturated heterocycles. The van der Waals surface area contributed by atoms with Crippen molar-refractivity contribution in [1.82, 2.24) is 15.3 Å². The number of fused-ring (bicyclic) bond motifs is 1. The highest BCUT2D eigenvalue weighted by molar-refractivity contribution is 6.10. The van der Waals surface area contributed by atoms with Crippen LogP contribution >= 0.6 is 0 Å². The van der Waals surface area contributed by atoms with Crippen LogP contribution in [0.4, 0.5) is 11.5 Å². The number of rotatable bonds is 5. The van der Waals surface area contributed by atoms with E-state index in [0.29, 0.717) is 31.6 Å². The Hall–Kier alpha value is -3.20. The highest BCUT2D eigenvalue weighted by Gasteiger charge is 2.29. The third-order valence-electron chi connectivity index (χ3n) is 7.16. The van der Waals surface area contributed by atoms with Gasteiger partial charge >= 0.3 is 0 Å². The second kappa shape index (κ2) is 9.97. The molecule has 180 valence electrons. The number of nitrogens with zero attached hydrogens (tertiary/aromatic N) is 3. The molecule has 0 spiro atoms. The predicted octanol–water partition coefficient (Wildman–Crippen LogP) is 2.67. The van der Waals surface area contributed by atoms with Crippen LogP contribution in [-0.2, 0) is 9.53 Å². The molecule has 1 aromatic heterocycles. The summed E-state index contributed by atoms with van der Waals surface area (Å²) in [7, 11) is 0. The van der Waals surface area contributed by atoms with Gasteiger partial charge in [-0.1, -0.05) is 12.1 Å². The first kappa shape index (κ1) is 22.6. The van der Waals surface area contributed by atoms with E-state index >= 15 is 0 Å². The molecule has 2 amide bonds. The zero-order valence-electron chi connectivity index (χ0n) is 19.2. The molecule has 0 bridgehead atoms. The molecule has 34 heavy (non-hydrogen) atoms. The normalized spacial score (nSPS) is 24.8. The number of anilines is 2. The number of amides is 2. The molecule has 1 saturated carbocycles. The van der Waals surface area contributed by atoms with Crippen LogP contribution in [0.15, 0.2) is 30.6 Å². The number of hydrogen-bond donors (Lipinski definition) is 2. The number of aromatic nitrogens is 2. The van der Waals surface area contributed by atoms with Crippen molar-refractivity contribution in [3.8, 4) is 5.88 Å². The highest BCUT2D eigenvalue weighted by Crippen LogP contribution is 2.36. The third-order valence-corrected chi connectivity index (χ3v) is 7.16. The first-order chi connectivity index (χ1) is 16.6. The molecule has 0 radical (unpaired) electrons. The molecule has 2 aromatic rings. The van der Waals surface area contributed by atoms with E-state index in [9.17, 15) is 9.59 Å². The average molecular weight is 466 g/mol. The topological polar surface area (TPSA) is 120 Å². The van der Waals surface area contributed by atoms with E-state index < -0.39 is 0 Å². The molecular weight excluding hydrogens is 434 g/mol. The minimum absolute atomic E-state index is 0.0413. The third kappa shape index (κ3) is 4.70. The molecule has 1 aliphatic carbocycles. The number of carbonyl (C=O) groups is 2. The summed E-state index contributed by atoms with van der Waals surface area (Å²) < 4.78 is 11.1. The summed E-state index contributed by atoms with van der Waals surface area (Å²) in [6.07, 6.45) is 7.23. The van der Waals surface area contributed by atoms with Crippen molar-refractivity contribution in [2.24, 2.45) is 5.92 Å². The fraction of sp³-hybridized carbons (Fsp3) is 0.520. The van der Waals surface area contributed by atoms with Gasteiger partial charge in [0.25, 0.3) is 5.91 Å². The Morgan fingerprint density at radius 3 is 2.62 bits per heavy atom. The molecule has 1 aromatic carbocycles. The summed E-state index contributed by atoms with van der Waals surface area (Å²) >= 11 is 0. The quantitative estimate of drug-likeness (QED) is 0.697. The van der Waals surface area contributed by atoms with Crippen LogP contribution in [0.5, 0.6) is 5.88 Å². The minimum atomic E-state index is -0.255. The van der Waals surface area contributed by atoms with Crippen molar-refractivity contribution in [2.45, 2.75) is 50.5 Å². The van der Waals surface area contributed by atoms with E-state index in [1.54, 1.807) is 4.90 Å². The largest absolute Gasteiger partial charge is 0.475 e. The van der Waals surface area contributed by atoms with Gasteiger partial charge in [0.2, 0.25) is 11.8 Å². The van der Waals surface area contributed by atoms with Crippen LogP contribution < -0.4 is 20.7 Å². The molecule has 2 fully saturated rings. The lowest BCUT2D eigenvalue weighted by molar-refractivity contribution is -0.130. The number of nitrogen functional groups attached to an aromatic ring is 1. The Kier molecular flexibility index (Phi) is 6.62. The lowest BCUT2D eigenvalue weighted by Gasteiger charge is -2.29. The second-order valence-electron chi connectivity index (χ2n) is 9.30. The monoisotopic (exact) mass is 465 g/mol. The van der Waals surface area contributed by atoms with Crippen molar-refractivity contribution in [3.05, 3.63) is 41.7 Å². The van der Waals surface area contributed by atoms with Gasteiger partial charge in [-0.05, 0) is 68.1 Å². The Bertz CT molecular complexity index is 1030. The van der Waals surface area contributed by atoms with Gasteiger partial charge in [-0.15, -0.1) is 0 Å². The number of nitrogens with one attached hydrogen (secondary N) is 1. The summed E-state index contributed by atoms with van der Waals surface area (Å²) in [4.78, 5) is 35.0. The van der Waals surface area contributed by atoms with Crippen molar-refractivity contribution in [2.75, 3.05) is 36.9 Å². The summed E-state index contributed by atoms with van der Waals surface area (Å²) in [5.41, 5.74) is 8.24. The van der Waals surface area contributed by atoms with Gasteiger partial charge < -0.3 is 25.4 Å². The molecule has 1 atom stereocenters. The molecular formula is C25H31N5O4. The number of nitrogens with two attached hydrogens (primary N) is 1. The zero-order valence-corrected chi connectivity index (χ0v) is 19.2. The standard InChI is InChI=1S/C25H31N5O4/c26-22-21-24(29-15-28-22)34-13-11-30(25(21)32)19-9-7-18(8-10-19)17-5-3-16(4-6-17)14-27-23(31)20-2-1-12-33-20/h7-10,15-17,20H,1-6,11-14H2,(H,27,31)(H2,26,28,29). The van der Waals surface area contributed by atoms with Crippen LogP contribution in [-0.4, -0.2) is 54.2 Å². The maximum absolute atomic E-state index is 13.1. The highest BCUT2D eigenvalue weighted by atomic mass is 16.5. The van der Waals surface area contributed by atoms with Gasteiger partial charge in [0.15, 0.2) is 0 Å². The first-order valence-corrected chi connectivity index (χ1v) is 12.1. The van der Waals surface area contributed by atoms with Crippen molar-refractivity contribution < 1.29 is 19.1 Å². The van der Waals surface area contributed by atoms with E-state index in [2.05, 4.69) is 27.4 Å². The summed E-state index contributed by atoms with van der Waals surface area (Å²) in [6, 6.07) is 8.22. The van der Waals surface area contributed by atoms with E-state index in [1.807, 2.05) is 12.1 Å².